The fourth-order valence-corrected chi connectivity index (χ4v) is 3.64. The third kappa shape index (κ3) is 3.85. The summed E-state index contributed by atoms with van der Waals surface area (Å²) in [5.74, 6) is 0. The summed E-state index contributed by atoms with van der Waals surface area (Å²) in [6, 6.07) is 10.8. The van der Waals surface area contributed by atoms with Gasteiger partial charge in [-0.2, -0.15) is 0 Å². The Balaban J connectivity index is 1.39. The first-order valence-corrected chi connectivity index (χ1v) is 8.48. The molecule has 0 spiro atoms. The van der Waals surface area contributed by atoms with Crippen molar-refractivity contribution in [3.63, 3.8) is 0 Å². The van der Waals surface area contributed by atoms with E-state index in [1.54, 1.807) is 0 Å². The summed E-state index contributed by atoms with van der Waals surface area (Å²) in [5.41, 5.74) is 7.90. The van der Waals surface area contributed by atoms with Crippen molar-refractivity contribution in [3.8, 4) is 0 Å². The summed E-state index contributed by atoms with van der Waals surface area (Å²) < 4.78 is 0. The molecule has 3 nitrogen and oxygen atoms in total. The Morgan fingerprint density at radius 2 is 1.62 bits per heavy atom. The molecule has 116 valence electrons. The van der Waals surface area contributed by atoms with Crippen molar-refractivity contribution in [2.24, 2.45) is 11.1 Å². The van der Waals surface area contributed by atoms with Crippen LogP contribution in [0.15, 0.2) is 30.3 Å². The second kappa shape index (κ2) is 6.91. The minimum Gasteiger partial charge on any atom is -0.330 e. The molecule has 2 fully saturated rings. The zero-order chi connectivity index (χ0) is 14.5. The van der Waals surface area contributed by atoms with Gasteiger partial charge in [-0.05, 0) is 43.3 Å². The maximum absolute atomic E-state index is 5.97. The molecule has 1 saturated heterocycles. The Bertz CT molecular complexity index is 414. The van der Waals surface area contributed by atoms with Crippen LogP contribution in [0, 0.1) is 5.41 Å². The quantitative estimate of drug-likeness (QED) is 0.871. The van der Waals surface area contributed by atoms with Crippen molar-refractivity contribution < 1.29 is 0 Å². The van der Waals surface area contributed by atoms with E-state index >= 15 is 0 Å². The molecule has 1 heterocycles. The standard InChI is InChI=1S/C18H29N3/c19-16-18(7-4-8-18)9-10-20-11-13-21(14-12-20)15-17-5-2-1-3-6-17/h1-3,5-6H,4,7-16,19H2. The molecule has 3 heteroatoms. The van der Waals surface area contributed by atoms with Crippen LogP contribution >= 0.6 is 0 Å². The van der Waals surface area contributed by atoms with E-state index in [0.717, 1.165) is 13.1 Å². The normalized spacial score (nSPS) is 22.9. The maximum Gasteiger partial charge on any atom is 0.0234 e. The van der Waals surface area contributed by atoms with Crippen LogP contribution in [0.25, 0.3) is 0 Å². The van der Waals surface area contributed by atoms with Crippen LogP contribution < -0.4 is 5.73 Å². The maximum atomic E-state index is 5.97. The van der Waals surface area contributed by atoms with Crippen LogP contribution in [0.2, 0.25) is 0 Å². The predicted molar refractivity (Wildman–Crippen MR) is 88.1 cm³/mol. The van der Waals surface area contributed by atoms with Crippen molar-refractivity contribution in [2.45, 2.75) is 32.2 Å². The van der Waals surface area contributed by atoms with Gasteiger partial charge in [0.1, 0.15) is 0 Å². The van der Waals surface area contributed by atoms with Crippen molar-refractivity contribution in [1.29, 1.82) is 0 Å². The molecule has 0 radical (unpaired) electrons. The van der Waals surface area contributed by atoms with Gasteiger partial charge in [-0.15, -0.1) is 0 Å². The average Bonchev–Trinajstić information content (AvgIpc) is 2.49. The SMILES string of the molecule is NCC1(CCN2CCN(Cc3ccccc3)CC2)CCC1. The molecule has 1 aliphatic heterocycles. The van der Waals surface area contributed by atoms with Gasteiger partial charge in [0, 0.05) is 32.7 Å². The molecule has 21 heavy (non-hydrogen) atoms. The molecule has 0 bridgehead atoms. The van der Waals surface area contributed by atoms with E-state index in [-0.39, 0.29) is 0 Å². The minimum atomic E-state index is 0.501. The Morgan fingerprint density at radius 3 is 2.19 bits per heavy atom. The molecule has 2 aliphatic rings. The minimum absolute atomic E-state index is 0.501. The first-order chi connectivity index (χ1) is 10.3. The highest BCUT2D eigenvalue weighted by molar-refractivity contribution is 5.14. The largest absolute Gasteiger partial charge is 0.330 e. The van der Waals surface area contributed by atoms with Gasteiger partial charge in [-0.1, -0.05) is 36.8 Å². The van der Waals surface area contributed by atoms with E-state index in [0.29, 0.717) is 5.41 Å². The number of nitrogens with two attached hydrogens (primary N) is 1. The van der Waals surface area contributed by atoms with Crippen LogP contribution in [-0.4, -0.2) is 49.1 Å². The number of benzene rings is 1. The summed E-state index contributed by atoms with van der Waals surface area (Å²) in [6.07, 6.45) is 5.42. The fourth-order valence-electron chi connectivity index (χ4n) is 3.64. The molecule has 0 atom stereocenters. The van der Waals surface area contributed by atoms with E-state index < -0.39 is 0 Å². The Morgan fingerprint density at radius 1 is 0.952 bits per heavy atom. The van der Waals surface area contributed by atoms with Crippen LogP contribution in [0.5, 0.6) is 0 Å². The molecule has 0 aromatic heterocycles. The fraction of sp³-hybridized carbons (Fsp3) is 0.667. The monoisotopic (exact) mass is 287 g/mol. The molecule has 1 aromatic carbocycles. The Hall–Kier alpha value is -0.900. The number of piperazine rings is 1. The van der Waals surface area contributed by atoms with Gasteiger partial charge in [-0.25, -0.2) is 0 Å². The van der Waals surface area contributed by atoms with Crippen LogP contribution in [0.4, 0.5) is 0 Å². The van der Waals surface area contributed by atoms with E-state index in [2.05, 4.69) is 40.1 Å². The zero-order valence-corrected chi connectivity index (χ0v) is 13.1. The smallest absolute Gasteiger partial charge is 0.0234 e. The van der Waals surface area contributed by atoms with Gasteiger partial charge in [0.2, 0.25) is 0 Å². The lowest BCUT2D eigenvalue weighted by atomic mass is 9.66. The van der Waals surface area contributed by atoms with Gasteiger partial charge in [-0.3, -0.25) is 4.90 Å². The van der Waals surface area contributed by atoms with Crippen LogP contribution in [0.3, 0.4) is 0 Å². The van der Waals surface area contributed by atoms with Crippen LogP contribution in [-0.2, 0) is 6.54 Å². The molecule has 0 unspecified atom stereocenters. The van der Waals surface area contributed by atoms with Crippen molar-refractivity contribution in [3.05, 3.63) is 35.9 Å². The summed E-state index contributed by atoms with van der Waals surface area (Å²) >= 11 is 0. The molecular weight excluding hydrogens is 258 g/mol. The first kappa shape index (κ1) is 15.0. The van der Waals surface area contributed by atoms with Gasteiger partial charge in [0.05, 0.1) is 0 Å². The molecule has 1 aliphatic carbocycles. The first-order valence-electron chi connectivity index (χ1n) is 8.48. The third-order valence-electron chi connectivity index (χ3n) is 5.52. The zero-order valence-electron chi connectivity index (χ0n) is 13.1. The van der Waals surface area contributed by atoms with Gasteiger partial charge >= 0.3 is 0 Å². The number of nitrogens with zero attached hydrogens (tertiary/aromatic N) is 2. The topological polar surface area (TPSA) is 32.5 Å². The Labute approximate surface area is 129 Å². The lowest BCUT2D eigenvalue weighted by Crippen LogP contribution is -2.48. The summed E-state index contributed by atoms with van der Waals surface area (Å²) in [4.78, 5) is 5.21. The van der Waals surface area contributed by atoms with Crippen molar-refractivity contribution in [2.75, 3.05) is 39.3 Å². The highest BCUT2D eigenvalue weighted by atomic mass is 15.3. The molecular formula is C18H29N3. The summed E-state index contributed by atoms with van der Waals surface area (Å²) in [5, 5.41) is 0. The Kier molecular flexibility index (Phi) is 4.94. The molecule has 1 aromatic rings. The molecule has 3 rings (SSSR count). The van der Waals surface area contributed by atoms with Gasteiger partial charge in [0.25, 0.3) is 0 Å². The van der Waals surface area contributed by atoms with E-state index in [9.17, 15) is 0 Å². The molecule has 0 amide bonds. The number of hydrogen-bond acceptors (Lipinski definition) is 3. The number of hydrogen-bond donors (Lipinski definition) is 1. The summed E-state index contributed by atoms with van der Waals surface area (Å²) in [7, 11) is 0. The van der Waals surface area contributed by atoms with Gasteiger partial charge in [0.15, 0.2) is 0 Å². The second-order valence-corrected chi connectivity index (χ2v) is 6.91. The number of rotatable bonds is 6. The molecule has 2 N–H and O–H groups in total. The van der Waals surface area contributed by atoms with Crippen molar-refractivity contribution >= 4 is 0 Å². The summed E-state index contributed by atoms with van der Waals surface area (Å²) in [6.45, 7) is 8.06. The van der Waals surface area contributed by atoms with Crippen molar-refractivity contribution in [1.82, 2.24) is 9.80 Å². The van der Waals surface area contributed by atoms with E-state index in [1.807, 2.05) is 0 Å². The molecule has 1 saturated carbocycles. The third-order valence-corrected chi connectivity index (χ3v) is 5.52. The van der Waals surface area contributed by atoms with E-state index in [1.165, 1.54) is 64.0 Å². The average molecular weight is 287 g/mol. The predicted octanol–water partition coefficient (Wildman–Crippen LogP) is 2.32. The van der Waals surface area contributed by atoms with E-state index in [4.69, 9.17) is 5.73 Å². The lowest BCUT2D eigenvalue weighted by molar-refractivity contribution is 0.0783. The van der Waals surface area contributed by atoms with Crippen LogP contribution in [0.1, 0.15) is 31.2 Å². The lowest BCUT2D eigenvalue weighted by Gasteiger charge is -2.43. The highest BCUT2D eigenvalue weighted by Gasteiger charge is 2.35. The highest BCUT2D eigenvalue weighted by Crippen LogP contribution is 2.42. The van der Waals surface area contributed by atoms with Gasteiger partial charge < -0.3 is 10.6 Å². The second-order valence-electron chi connectivity index (χ2n) is 6.91.